The average molecular weight is 375 g/mol. The van der Waals surface area contributed by atoms with E-state index in [1.165, 1.54) is 12.1 Å². The quantitative estimate of drug-likeness (QED) is 0.803. The molecule has 0 saturated carbocycles. The summed E-state index contributed by atoms with van der Waals surface area (Å²) in [5.41, 5.74) is 6.99. The molecule has 0 aliphatic carbocycles. The van der Waals surface area contributed by atoms with E-state index in [1.54, 1.807) is 24.3 Å². The Hall–Kier alpha value is -1.17. The minimum absolute atomic E-state index is 0.229. The van der Waals surface area contributed by atoms with Gasteiger partial charge in [-0.05, 0) is 18.2 Å². The molecule has 0 aliphatic heterocycles. The highest BCUT2D eigenvalue weighted by atomic mass is 79.9. The normalized spacial score (nSPS) is 10.3. The Morgan fingerprint density at radius 1 is 1.30 bits per heavy atom. The zero-order valence-corrected chi connectivity index (χ0v) is 13.4. The van der Waals surface area contributed by atoms with Gasteiger partial charge in [-0.3, -0.25) is 0 Å². The summed E-state index contributed by atoms with van der Waals surface area (Å²) in [6.45, 7) is 0.229. The van der Waals surface area contributed by atoms with Crippen LogP contribution in [0.25, 0.3) is 0 Å². The summed E-state index contributed by atoms with van der Waals surface area (Å²) >= 11 is 14.2. The number of nitrogens with two attached hydrogens (primary N) is 1. The Kier molecular flexibility index (Phi) is 4.96. The molecule has 2 nitrogen and oxygen atoms in total. The molecule has 2 rings (SSSR count). The molecule has 104 valence electrons. The van der Waals surface area contributed by atoms with Crippen molar-refractivity contribution in [2.75, 3.05) is 0 Å². The number of hydrogen-bond acceptors (Lipinski definition) is 2. The highest BCUT2D eigenvalue weighted by Crippen LogP contribution is 2.24. The van der Waals surface area contributed by atoms with Crippen molar-refractivity contribution in [2.24, 2.45) is 5.73 Å². The largest absolute Gasteiger partial charge is 0.489 e. The van der Waals surface area contributed by atoms with Crippen LogP contribution in [0.4, 0.5) is 4.39 Å². The van der Waals surface area contributed by atoms with Gasteiger partial charge in [0.1, 0.15) is 23.2 Å². The molecule has 0 atom stereocenters. The molecule has 0 radical (unpaired) electrons. The third-order valence-corrected chi connectivity index (χ3v) is 3.61. The monoisotopic (exact) mass is 373 g/mol. The van der Waals surface area contributed by atoms with Gasteiger partial charge in [0, 0.05) is 26.7 Å². The lowest BCUT2D eigenvalue weighted by Gasteiger charge is -2.09. The maximum atomic E-state index is 13.2. The van der Waals surface area contributed by atoms with Gasteiger partial charge in [0.2, 0.25) is 0 Å². The molecule has 0 aromatic heterocycles. The summed E-state index contributed by atoms with van der Waals surface area (Å²) in [5.74, 6) is 0.0515. The number of halogens is 3. The van der Waals surface area contributed by atoms with Crippen LogP contribution in [-0.2, 0) is 6.61 Å². The summed E-state index contributed by atoms with van der Waals surface area (Å²) in [4.78, 5) is 0.286. The smallest absolute Gasteiger partial charge is 0.128 e. The second kappa shape index (κ2) is 6.52. The molecule has 0 fully saturated rings. The highest BCUT2D eigenvalue weighted by Gasteiger charge is 2.06. The molecule has 6 heteroatoms. The Morgan fingerprint density at radius 2 is 2.05 bits per heavy atom. The van der Waals surface area contributed by atoms with E-state index in [9.17, 15) is 4.39 Å². The third-order valence-electron chi connectivity index (χ3n) is 2.57. The summed E-state index contributed by atoms with van der Waals surface area (Å²) in [6.07, 6.45) is 0. The van der Waals surface area contributed by atoms with Crippen molar-refractivity contribution >= 4 is 44.7 Å². The van der Waals surface area contributed by atoms with Crippen molar-refractivity contribution in [1.82, 2.24) is 0 Å². The molecule has 2 N–H and O–H groups in total. The molecule has 0 bridgehead atoms. The zero-order chi connectivity index (χ0) is 14.7. The van der Waals surface area contributed by atoms with E-state index in [0.717, 1.165) is 5.56 Å². The number of ether oxygens (including phenoxy) is 1. The van der Waals surface area contributed by atoms with Crippen LogP contribution in [0.5, 0.6) is 5.75 Å². The number of benzene rings is 2. The van der Waals surface area contributed by atoms with Crippen molar-refractivity contribution < 1.29 is 9.13 Å². The number of hydrogen-bond donors (Lipinski definition) is 1. The molecule has 0 saturated heterocycles. The third kappa shape index (κ3) is 3.91. The lowest BCUT2D eigenvalue weighted by molar-refractivity contribution is 0.304. The van der Waals surface area contributed by atoms with E-state index in [0.29, 0.717) is 20.8 Å². The maximum absolute atomic E-state index is 13.2. The van der Waals surface area contributed by atoms with Crippen LogP contribution in [-0.4, -0.2) is 4.99 Å². The number of rotatable bonds is 4. The Morgan fingerprint density at radius 3 is 2.65 bits per heavy atom. The van der Waals surface area contributed by atoms with E-state index < -0.39 is 0 Å². The first kappa shape index (κ1) is 15.2. The topological polar surface area (TPSA) is 35.2 Å². The molecule has 2 aromatic rings. The minimum Gasteiger partial charge on any atom is -0.489 e. The van der Waals surface area contributed by atoms with Crippen LogP contribution in [0.15, 0.2) is 40.9 Å². The first-order valence-corrected chi connectivity index (χ1v) is 7.21. The highest BCUT2D eigenvalue weighted by molar-refractivity contribution is 9.10. The van der Waals surface area contributed by atoms with E-state index in [-0.39, 0.29) is 17.4 Å². The van der Waals surface area contributed by atoms with Gasteiger partial charge in [-0.15, -0.1) is 0 Å². The van der Waals surface area contributed by atoms with Crippen LogP contribution in [0, 0.1) is 5.82 Å². The Labute approximate surface area is 134 Å². The van der Waals surface area contributed by atoms with Gasteiger partial charge in [-0.1, -0.05) is 51.9 Å². The number of thiocarbonyl (C=S) groups is 1. The lowest BCUT2D eigenvalue weighted by Crippen LogP contribution is -2.09. The lowest BCUT2D eigenvalue weighted by atomic mass is 10.1. The fourth-order valence-corrected chi connectivity index (χ4v) is 2.40. The van der Waals surface area contributed by atoms with E-state index in [1.807, 2.05) is 0 Å². The van der Waals surface area contributed by atoms with Crippen LogP contribution in [0.3, 0.4) is 0 Å². The first-order chi connectivity index (χ1) is 9.45. The van der Waals surface area contributed by atoms with Gasteiger partial charge in [0.05, 0.1) is 0 Å². The van der Waals surface area contributed by atoms with Crippen molar-refractivity contribution in [3.05, 3.63) is 62.8 Å². The summed E-state index contributed by atoms with van der Waals surface area (Å²) in [6, 6.07) is 9.59. The van der Waals surface area contributed by atoms with Crippen LogP contribution >= 0.6 is 39.7 Å². The van der Waals surface area contributed by atoms with Gasteiger partial charge in [-0.25, -0.2) is 4.39 Å². The van der Waals surface area contributed by atoms with Gasteiger partial charge in [-0.2, -0.15) is 0 Å². The molecule has 20 heavy (non-hydrogen) atoms. The van der Waals surface area contributed by atoms with Crippen molar-refractivity contribution in [3.63, 3.8) is 0 Å². The summed E-state index contributed by atoms with van der Waals surface area (Å²) in [5, 5.41) is 0.505. The molecule has 0 aliphatic rings. The van der Waals surface area contributed by atoms with Gasteiger partial charge in [0.25, 0.3) is 0 Å². The predicted molar refractivity (Wildman–Crippen MR) is 85.8 cm³/mol. The first-order valence-electron chi connectivity index (χ1n) is 5.63. The van der Waals surface area contributed by atoms with Crippen molar-refractivity contribution in [1.29, 1.82) is 0 Å². The molecule has 0 unspecified atom stereocenters. The minimum atomic E-state index is -0.371. The maximum Gasteiger partial charge on any atom is 0.128 e. The zero-order valence-electron chi connectivity index (χ0n) is 10.2. The van der Waals surface area contributed by atoms with E-state index in [2.05, 4.69) is 15.9 Å². The molecule has 2 aromatic carbocycles. The van der Waals surface area contributed by atoms with Gasteiger partial charge >= 0.3 is 0 Å². The SMILES string of the molecule is NC(=S)c1ccc(COc2cc(F)cc(Br)c2)c(Cl)c1. The second-order valence-electron chi connectivity index (χ2n) is 4.06. The molecular weight excluding hydrogens is 365 g/mol. The molecule has 0 spiro atoms. The van der Waals surface area contributed by atoms with Crippen LogP contribution in [0.2, 0.25) is 5.02 Å². The average Bonchev–Trinajstić information content (AvgIpc) is 2.36. The fraction of sp³-hybridized carbons (Fsp3) is 0.0714. The van der Waals surface area contributed by atoms with E-state index in [4.69, 9.17) is 34.3 Å². The van der Waals surface area contributed by atoms with Gasteiger partial charge < -0.3 is 10.5 Å². The van der Waals surface area contributed by atoms with Crippen molar-refractivity contribution in [2.45, 2.75) is 6.61 Å². The Bertz CT molecular complexity index is 645. The Balaban J connectivity index is 2.12. The molecular formula is C14H10BrClFNOS. The second-order valence-corrected chi connectivity index (χ2v) is 5.83. The summed E-state index contributed by atoms with van der Waals surface area (Å²) in [7, 11) is 0. The predicted octanol–water partition coefficient (Wildman–Crippen LogP) is 4.45. The standard InChI is InChI=1S/C14H10BrClFNOS/c15-10-4-11(17)6-12(5-10)19-7-9-2-1-8(14(18)20)3-13(9)16/h1-6H,7H2,(H2,18,20). The van der Waals surface area contributed by atoms with Crippen LogP contribution in [0.1, 0.15) is 11.1 Å². The van der Waals surface area contributed by atoms with Crippen LogP contribution < -0.4 is 10.5 Å². The molecule has 0 heterocycles. The fourth-order valence-electron chi connectivity index (χ4n) is 1.59. The van der Waals surface area contributed by atoms with Gasteiger partial charge in [0.15, 0.2) is 0 Å². The van der Waals surface area contributed by atoms with E-state index >= 15 is 0 Å². The summed E-state index contributed by atoms with van der Waals surface area (Å²) < 4.78 is 19.3. The van der Waals surface area contributed by atoms with Crippen molar-refractivity contribution in [3.8, 4) is 5.75 Å². The molecule has 0 amide bonds.